The average Bonchev–Trinajstić information content (AvgIpc) is 2.74. The molecule has 1 atom stereocenters. The fourth-order valence-electron chi connectivity index (χ4n) is 2.46. The molecule has 0 aliphatic carbocycles. The summed E-state index contributed by atoms with van der Waals surface area (Å²) in [6.07, 6.45) is 2.84. The van der Waals surface area contributed by atoms with Crippen molar-refractivity contribution in [1.82, 2.24) is 0 Å². The van der Waals surface area contributed by atoms with Crippen LogP contribution < -0.4 is 10.7 Å². The molecule has 0 spiro atoms. The molecule has 0 saturated carbocycles. The average molecular weight is 295 g/mol. The van der Waals surface area contributed by atoms with E-state index in [1.807, 2.05) is 6.92 Å². The van der Waals surface area contributed by atoms with Gasteiger partial charge in [0.15, 0.2) is 5.82 Å². The summed E-state index contributed by atoms with van der Waals surface area (Å²) in [7, 11) is 0. The van der Waals surface area contributed by atoms with Crippen molar-refractivity contribution in [1.29, 1.82) is 0 Å². The Bertz CT molecular complexity index is 560. The van der Waals surface area contributed by atoms with E-state index in [1.54, 1.807) is 0 Å². The first-order valence-corrected chi connectivity index (χ1v) is 7.15. The molecule has 1 unspecified atom stereocenters. The Morgan fingerprint density at radius 3 is 2.76 bits per heavy atom. The number of benzene rings is 1. The third kappa shape index (κ3) is 3.26. The van der Waals surface area contributed by atoms with Crippen molar-refractivity contribution in [2.45, 2.75) is 32.6 Å². The van der Waals surface area contributed by atoms with E-state index in [4.69, 9.17) is 5.73 Å². The Morgan fingerprint density at radius 1 is 1.38 bits per heavy atom. The molecule has 1 aromatic carbocycles. The lowest BCUT2D eigenvalue weighted by Crippen LogP contribution is -2.28. The second kappa shape index (κ2) is 6.76. The first-order chi connectivity index (χ1) is 10.1. The van der Waals surface area contributed by atoms with E-state index >= 15 is 0 Å². The molecule has 1 aliphatic rings. The molecule has 1 aliphatic heterocycles. The number of hydrogen-bond donors (Lipinski definition) is 1. The van der Waals surface area contributed by atoms with Gasteiger partial charge in [0, 0.05) is 6.07 Å². The van der Waals surface area contributed by atoms with E-state index in [1.165, 1.54) is 6.07 Å². The highest BCUT2D eigenvalue weighted by molar-refractivity contribution is 6.15. The number of carbonyl (C=O) groups excluding carboxylic acids is 1. The summed E-state index contributed by atoms with van der Waals surface area (Å²) in [6.45, 7) is 2.49. The van der Waals surface area contributed by atoms with Crippen LogP contribution in [0.15, 0.2) is 23.3 Å². The van der Waals surface area contributed by atoms with Gasteiger partial charge in [-0.1, -0.05) is 13.3 Å². The van der Waals surface area contributed by atoms with E-state index < -0.39 is 11.6 Å². The minimum Gasteiger partial charge on any atom is -0.330 e. The zero-order valence-electron chi connectivity index (χ0n) is 12.0. The van der Waals surface area contributed by atoms with E-state index in [0.717, 1.165) is 29.3 Å². The van der Waals surface area contributed by atoms with Crippen molar-refractivity contribution in [3.63, 3.8) is 0 Å². The monoisotopic (exact) mass is 295 g/mol. The van der Waals surface area contributed by atoms with Crippen LogP contribution in [-0.4, -0.2) is 18.2 Å². The molecule has 4 nitrogen and oxygen atoms in total. The van der Waals surface area contributed by atoms with Crippen LogP contribution >= 0.6 is 0 Å². The van der Waals surface area contributed by atoms with Crippen LogP contribution in [-0.2, 0) is 4.79 Å². The van der Waals surface area contributed by atoms with Gasteiger partial charge < -0.3 is 5.73 Å². The van der Waals surface area contributed by atoms with Gasteiger partial charge >= 0.3 is 0 Å². The normalized spacial score (nSPS) is 18.3. The molecule has 114 valence electrons. The highest BCUT2D eigenvalue weighted by atomic mass is 19.1. The number of rotatable bonds is 6. The fraction of sp³-hybridized carbons (Fsp3) is 0.467. The maximum Gasteiger partial charge on any atom is 0.256 e. The molecule has 1 aromatic rings. The van der Waals surface area contributed by atoms with Gasteiger partial charge in [-0.3, -0.25) is 4.79 Å². The third-order valence-electron chi connectivity index (χ3n) is 3.48. The Morgan fingerprint density at radius 2 is 2.14 bits per heavy atom. The second-order valence-electron chi connectivity index (χ2n) is 5.07. The molecule has 0 saturated heterocycles. The zero-order chi connectivity index (χ0) is 15.4. The number of hydrazone groups is 1. The topological polar surface area (TPSA) is 58.7 Å². The van der Waals surface area contributed by atoms with Crippen LogP contribution in [0, 0.1) is 17.6 Å². The molecule has 0 bridgehead atoms. The van der Waals surface area contributed by atoms with Gasteiger partial charge in [-0.2, -0.15) is 10.1 Å². The summed E-state index contributed by atoms with van der Waals surface area (Å²) in [5.74, 6) is -2.09. The quantitative estimate of drug-likeness (QED) is 0.877. The lowest BCUT2D eigenvalue weighted by atomic mass is 9.94. The van der Waals surface area contributed by atoms with Gasteiger partial charge in [0.05, 0.1) is 11.6 Å². The van der Waals surface area contributed by atoms with Crippen LogP contribution in [0.5, 0.6) is 0 Å². The Hall–Kier alpha value is -1.82. The molecular formula is C15H19F2N3O. The second-order valence-corrected chi connectivity index (χ2v) is 5.07. The van der Waals surface area contributed by atoms with E-state index in [-0.39, 0.29) is 17.5 Å². The number of nitrogens with two attached hydrogens (primary N) is 1. The van der Waals surface area contributed by atoms with Crippen molar-refractivity contribution in [3.8, 4) is 0 Å². The lowest BCUT2D eigenvalue weighted by molar-refractivity contribution is -0.120. The number of amides is 1. The predicted molar refractivity (Wildman–Crippen MR) is 78.0 cm³/mol. The molecule has 0 fully saturated rings. The molecule has 2 N–H and O–H groups in total. The zero-order valence-corrected chi connectivity index (χ0v) is 12.0. The highest BCUT2D eigenvalue weighted by Crippen LogP contribution is 2.30. The van der Waals surface area contributed by atoms with Gasteiger partial charge in [-0.15, -0.1) is 0 Å². The molecule has 0 aromatic heterocycles. The van der Waals surface area contributed by atoms with Gasteiger partial charge in [0.2, 0.25) is 0 Å². The van der Waals surface area contributed by atoms with E-state index in [9.17, 15) is 13.6 Å². The summed E-state index contributed by atoms with van der Waals surface area (Å²) in [5.41, 5.74) is 6.23. The van der Waals surface area contributed by atoms with Crippen LogP contribution in [0.1, 0.15) is 32.6 Å². The lowest BCUT2D eigenvalue weighted by Gasteiger charge is -2.15. The standard InChI is InChI=1S/C15H19F2N3O/c1-2-4-13-11(5-3-8-18)15(21)20(19-13)14-7-6-10(16)9-12(14)17/h6-7,9,11H,2-5,8,18H2,1H3. The van der Waals surface area contributed by atoms with Crippen LogP contribution in [0.25, 0.3) is 0 Å². The fourth-order valence-corrected chi connectivity index (χ4v) is 2.46. The number of halogens is 2. The Balaban J connectivity index is 2.29. The molecular weight excluding hydrogens is 276 g/mol. The summed E-state index contributed by atoms with van der Waals surface area (Å²) in [4.78, 5) is 12.4. The van der Waals surface area contributed by atoms with Gasteiger partial charge in [0.1, 0.15) is 11.5 Å². The molecule has 1 amide bonds. The SMILES string of the molecule is CCCC1=NN(c2ccc(F)cc2F)C(=O)C1CCCN. The largest absolute Gasteiger partial charge is 0.330 e. The first-order valence-electron chi connectivity index (χ1n) is 7.15. The number of anilines is 1. The van der Waals surface area contributed by atoms with Gasteiger partial charge in [-0.05, 0) is 37.9 Å². The maximum atomic E-state index is 13.8. The molecule has 6 heteroatoms. The minimum absolute atomic E-state index is 0.00903. The number of nitrogens with zero attached hydrogens (tertiary/aromatic N) is 2. The summed E-state index contributed by atoms with van der Waals surface area (Å²) in [6, 6.07) is 3.11. The van der Waals surface area contributed by atoms with Crippen LogP contribution in [0.2, 0.25) is 0 Å². The number of carbonyl (C=O) groups is 1. The van der Waals surface area contributed by atoms with Crippen LogP contribution in [0.3, 0.4) is 0 Å². The molecule has 2 rings (SSSR count). The van der Waals surface area contributed by atoms with Crippen molar-refractivity contribution < 1.29 is 13.6 Å². The Labute approximate surface area is 122 Å². The molecule has 21 heavy (non-hydrogen) atoms. The van der Waals surface area contributed by atoms with Crippen molar-refractivity contribution in [2.75, 3.05) is 11.6 Å². The van der Waals surface area contributed by atoms with Crippen molar-refractivity contribution >= 4 is 17.3 Å². The summed E-state index contributed by atoms with van der Waals surface area (Å²) < 4.78 is 26.8. The van der Waals surface area contributed by atoms with Crippen molar-refractivity contribution in [2.24, 2.45) is 16.8 Å². The van der Waals surface area contributed by atoms with E-state index in [2.05, 4.69) is 5.10 Å². The summed E-state index contributed by atoms with van der Waals surface area (Å²) in [5, 5.41) is 5.31. The summed E-state index contributed by atoms with van der Waals surface area (Å²) >= 11 is 0. The predicted octanol–water partition coefficient (Wildman–Crippen LogP) is 2.82. The van der Waals surface area contributed by atoms with Gasteiger partial charge in [0.25, 0.3) is 5.91 Å². The van der Waals surface area contributed by atoms with Gasteiger partial charge in [-0.25, -0.2) is 8.78 Å². The minimum atomic E-state index is -0.789. The van der Waals surface area contributed by atoms with Crippen LogP contribution in [0.4, 0.5) is 14.5 Å². The third-order valence-corrected chi connectivity index (χ3v) is 3.48. The van der Waals surface area contributed by atoms with E-state index in [0.29, 0.717) is 25.8 Å². The van der Waals surface area contributed by atoms with Crippen molar-refractivity contribution in [3.05, 3.63) is 29.8 Å². The molecule has 1 heterocycles. The molecule has 0 radical (unpaired) electrons. The maximum absolute atomic E-state index is 13.8. The number of hydrogen-bond acceptors (Lipinski definition) is 3. The highest BCUT2D eigenvalue weighted by Gasteiger charge is 2.36. The Kier molecular flexibility index (Phi) is 5.01. The smallest absolute Gasteiger partial charge is 0.256 e. The first kappa shape index (κ1) is 15.6.